The maximum absolute atomic E-state index is 4.26. The van der Waals surface area contributed by atoms with Crippen LogP contribution in [-0.2, 0) is 13.5 Å². The van der Waals surface area contributed by atoms with Crippen LogP contribution in [0.2, 0.25) is 0 Å². The third-order valence-electron chi connectivity index (χ3n) is 4.63. The lowest BCUT2D eigenvalue weighted by Crippen LogP contribution is -2.49. The minimum atomic E-state index is 0.334. The fraction of sp³-hybridized carbons (Fsp3) is 0.800. The first-order chi connectivity index (χ1) is 8.64. The largest absolute Gasteiger partial charge is 0.311 e. The summed E-state index contributed by atoms with van der Waals surface area (Å²) in [7, 11) is 2.04. The van der Waals surface area contributed by atoms with Gasteiger partial charge in [-0.2, -0.15) is 5.10 Å². The van der Waals surface area contributed by atoms with Crippen LogP contribution in [0, 0.1) is 5.92 Å². The molecule has 0 bridgehead atoms. The van der Waals surface area contributed by atoms with E-state index in [0.29, 0.717) is 11.5 Å². The minimum Gasteiger partial charge on any atom is -0.311 e. The van der Waals surface area contributed by atoms with Crippen LogP contribution >= 0.6 is 0 Å². The molecule has 1 aromatic heterocycles. The number of hydrogen-bond donors (Lipinski definition) is 1. The summed E-state index contributed by atoms with van der Waals surface area (Å²) in [6.07, 6.45) is 9.66. The summed E-state index contributed by atoms with van der Waals surface area (Å²) in [5, 5.41) is 8.11. The molecule has 2 rings (SSSR count). The molecule has 0 saturated carbocycles. The third-order valence-corrected chi connectivity index (χ3v) is 4.63. The van der Waals surface area contributed by atoms with Gasteiger partial charge in [0.1, 0.15) is 0 Å². The van der Waals surface area contributed by atoms with Gasteiger partial charge in [0.05, 0.1) is 0 Å². The fourth-order valence-corrected chi connectivity index (χ4v) is 3.16. The van der Waals surface area contributed by atoms with Gasteiger partial charge >= 0.3 is 0 Å². The molecule has 1 saturated heterocycles. The van der Waals surface area contributed by atoms with E-state index in [0.717, 1.165) is 6.42 Å². The average Bonchev–Trinajstić information content (AvgIpc) is 2.63. The van der Waals surface area contributed by atoms with Crippen molar-refractivity contribution in [1.82, 2.24) is 15.1 Å². The zero-order valence-corrected chi connectivity index (χ0v) is 12.1. The van der Waals surface area contributed by atoms with Gasteiger partial charge in [-0.25, -0.2) is 0 Å². The average molecular weight is 249 g/mol. The van der Waals surface area contributed by atoms with Crippen LogP contribution in [0.5, 0.6) is 0 Å². The third kappa shape index (κ3) is 2.94. The van der Waals surface area contributed by atoms with Crippen LogP contribution in [0.15, 0.2) is 12.3 Å². The van der Waals surface area contributed by atoms with Gasteiger partial charge in [0, 0.05) is 24.5 Å². The molecule has 0 aliphatic carbocycles. The monoisotopic (exact) mass is 249 g/mol. The summed E-state index contributed by atoms with van der Waals surface area (Å²) in [5.41, 5.74) is 1.68. The molecular weight excluding hydrogens is 222 g/mol. The molecule has 0 spiro atoms. The normalized spacial score (nSPS) is 25.3. The number of aryl methyl sites for hydroxylation is 2. The van der Waals surface area contributed by atoms with E-state index in [2.05, 4.69) is 30.3 Å². The molecule has 18 heavy (non-hydrogen) atoms. The molecule has 1 atom stereocenters. The second kappa shape index (κ2) is 5.87. The van der Waals surface area contributed by atoms with Gasteiger partial charge in [0.15, 0.2) is 0 Å². The highest BCUT2D eigenvalue weighted by Crippen LogP contribution is 2.31. The van der Waals surface area contributed by atoms with Gasteiger partial charge in [0.25, 0.3) is 0 Å². The van der Waals surface area contributed by atoms with Gasteiger partial charge < -0.3 is 5.32 Å². The summed E-state index contributed by atoms with van der Waals surface area (Å²) in [6, 6.07) is 2.14. The van der Waals surface area contributed by atoms with E-state index in [9.17, 15) is 0 Å². The van der Waals surface area contributed by atoms with Gasteiger partial charge in [-0.05, 0) is 44.2 Å². The Bertz CT molecular complexity index is 360. The second-order valence-corrected chi connectivity index (χ2v) is 5.99. The molecule has 1 aliphatic heterocycles. The van der Waals surface area contributed by atoms with Crippen molar-refractivity contribution in [1.29, 1.82) is 0 Å². The highest BCUT2D eigenvalue weighted by atomic mass is 15.2. The van der Waals surface area contributed by atoms with Crippen LogP contribution in [-0.4, -0.2) is 21.9 Å². The molecular formula is C15H27N3. The molecule has 2 heterocycles. The van der Waals surface area contributed by atoms with Crippen molar-refractivity contribution in [3.8, 4) is 0 Å². The maximum atomic E-state index is 4.26. The van der Waals surface area contributed by atoms with E-state index in [1.54, 1.807) is 0 Å². The van der Waals surface area contributed by atoms with Crippen molar-refractivity contribution >= 4 is 0 Å². The Labute approximate surface area is 111 Å². The van der Waals surface area contributed by atoms with Crippen molar-refractivity contribution < 1.29 is 0 Å². The lowest BCUT2D eigenvalue weighted by atomic mass is 9.78. The highest BCUT2D eigenvalue weighted by molar-refractivity contribution is 5.03. The number of rotatable bonds is 4. The van der Waals surface area contributed by atoms with Gasteiger partial charge in [0.2, 0.25) is 0 Å². The fourth-order valence-electron chi connectivity index (χ4n) is 3.16. The van der Waals surface area contributed by atoms with Crippen molar-refractivity contribution in [2.75, 3.05) is 6.54 Å². The molecule has 0 amide bonds. The summed E-state index contributed by atoms with van der Waals surface area (Å²) in [6.45, 7) is 5.91. The Morgan fingerprint density at radius 1 is 1.39 bits per heavy atom. The lowest BCUT2D eigenvalue weighted by molar-refractivity contribution is 0.210. The van der Waals surface area contributed by atoms with Crippen LogP contribution in [0.1, 0.15) is 51.6 Å². The quantitative estimate of drug-likeness (QED) is 0.889. The van der Waals surface area contributed by atoms with Crippen LogP contribution in [0.3, 0.4) is 0 Å². The van der Waals surface area contributed by atoms with Crippen LogP contribution in [0.4, 0.5) is 0 Å². The molecule has 1 unspecified atom stereocenters. The molecule has 1 N–H and O–H groups in total. The van der Waals surface area contributed by atoms with Crippen molar-refractivity contribution in [3.05, 3.63) is 18.0 Å². The molecule has 0 aromatic carbocycles. The zero-order chi connectivity index (χ0) is 13.0. The Morgan fingerprint density at radius 2 is 2.22 bits per heavy atom. The van der Waals surface area contributed by atoms with E-state index < -0.39 is 0 Å². The molecule has 1 aliphatic rings. The number of aromatic nitrogens is 2. The van der Waals surface area contributed by atoms with Gasteiger partial charge in [-0.1, -0.05) is 26.7 Å². The molecule has 0 radical (unpaired) electrons. The predicted octanol–water partition coefficient (Wildman–Crippen LogP) is 2.91. The molecule has 3 nitrogen and oxygen atoms in total. The van der Waals surface area contributed by atoms with Crippen molar-refractivity contribution in [2.45, 2.75) is 57.9 Å². The summed E-state index contributed by atoms with van der Waals surface area (Å²) in [5.74, 6) is 0.698. The van der Waals surface area contributed by atoms with E-state index in [1.165, 1.54) is 44.3 Å². The number of nitrogens with zero attached hydrogens (tertiary/aromatic N) is 2. The number of hydrogen-bond acceptors (Lipinski definition) is 2. The van der Waals surface area contributed by atoms with Crippen LogP contribution < -0.4 is 5.32 Å². The molecule has 102 valence electrons. The maximum Gasteiger partial charge on any atom is 0.0492 e. The highest BCUT2D eigenvalue weighted by Gasteiger charge is 2.33. The second-order valence-electron chi connectivity index (χ2n) is 5.99. The Morgan fingerprint density at radius 3 is 2.89 bits per heavy atom. The summed E-state index contributed by atoms with van der Waals surface area (Å²) >= 11 is 0. The predicted molar refractivity (Wildman–Crippen MR) is 75.6 cm³/mol. The Balaban J connectivity index is 2.03. The summed E-state index contributed by atoms with van der Waals surface area (Å²) in [4.78, 5) is 0. The molecule has 1 fully saturated rings. The minimum absolute atomic E-state index is 0.334. The first-order valence-electron chi connectivity index (χ1n) is 7.36. The van der Waals surface area contributed by atoms with Gasteiger partial charge in [-0.15, -0.1) is 0 Å². The van der Waals surface area contributed by atoms with E-state index in [1.807, 2.05) is 17.9 Å². The van der Waals surface area contributed by atoms with E-state index >= 15 is 0 Å². The SMILES string of the molecule is CC(C)C1(CCc2ccnn2C)CCCCCN1. The topological polar surface area (TPSA) is 29.9 Å². The van der Waals surface area contributed by atoms with Crippen molar-refractivity contribution in [3.63, 3.8) is 0 Å². The smallest absolute Gasteiger partial charge is 0.0492 e. The van der Waals surface area contributed by atoms with E-state index in [4.69, 9.17) is 0 Å². The first kappa shape index (κ1) is 13.6. The Hall–Kier alpha value is -0.830. The van der Waals surface area contributed by atoms with Crippen LogP contribution in [0.25, 0.3) is 0 Å². The molecule has 1 aromatic rings. The first-order valence-corrected chi connectivity index (χ1v) is 7.36. The molecule has 3 heteroatoms. The van der Waals surface area contributed by atoms with Crippen molar-refractivity contribution in [2.24, 2.45) is 13.0 Å². The lowest BCUT2D eigenvalue weighted by Gasteiger charge is -2.38. The number of nitrogens with one attached hydrogen (secondary N) is 1. The Kier molecular flexibility index (Phi) is 4.44. The zero-order valence-electron chi connectivity index (χ0n) is 12.1. The van der Waals surface area contributed by atoms with Gasteiger partial charge in [-0.3, -0.25) is 4.68 Å². The van der Waals surface area contributed by atoms with E-state index in [-0.39, 0.29) is 0 Å². The standard InChI is InChI=1S/C15H27N3/c1-13(2)15(9-5-4-6-11-16-15)10-7-14-8-12-17-18(14)3/h8,12-13,16H,4-7,9-11H2,1-3H3. The summed E-state index contributed by atoms with van der Waals surface area (Å²) < 4.78 is 2.00.